The maximum absolute atomic E-state index is 14.1. The van der Waals surface area contributed by atoms with Gasteiger partial charge in [-0.15, -0.1) is 5.10 Å². The highest BCUT2D eigenvalue weighted by Gasteiger charge is 2.26. The Morgan fingerprint density at radius 3 is 2.41 bits per heavy atom. The van der Waals surface area contributed by atoms with E-state index in [4.69, 9.17) is 4.98 Å². The van der Waals surface area contributed by atoms with E-state index in [1.807, 2.05) is 12.1 Å². The fourth-order valence-electron chi connectivity index (χ4n) is 4.31. The number of rotatable bonds is 3. The maximum Gasteiger partial charge on any atom is 0.123 e. The van der Waals surface area contributed by atoms with Gasteiger partial charge in [-0.3, -0.25) is 4.98 Å². The molecule has 1 aliphatic heterocycles. The highest BCUT2D eigenvalue weighted by molar-refractivity contribution is 6.12. The van der Waals surface area contributed by atoms with Crippen LogP contribution in [0.25, 0.3) is 22.4 Å². The Kier molecular flexibility index (Phi) is 4.72. The summed E-state index contributed by atoms with van der Waals surface area (Å²) in [6.07, 6.45) is 5.40. The van der Waals surface area contributed by atoms with Gasteiger partial charge in [-0.05, 0) is 59.7 Å². The van der Waals surface area contributed by atoms with Crippen molar-refractivity contribution in [3.63, 3.8) is 0 Å². The number of aryl methyl sites for hydroxylation is 1. The van der Waals surface area contributed by atoms with Gasteiger partial charge in [-0.25, -0.2) is 4.39 Å². The molecule has 0 saturated heterocycles. The van der Waals surface area contributed by atoms with Crippen molar-refractivity contribution in [1.29, 1.82) is 0 Å². The third kappa shape index (κ3) is 3.37. The standard InChI is InChI=1S/C24H21FN4/c25-18-11-7-10-17(14-18)24-23(21-15-26-29-28-21)22(16-8-3-1-4-9-16)19-12-5-2-6-13-20(19)27-24/h1,3-4,7-11,14H,2,5-6,12-13,15H2. The number of fused-ring (bicyclic) bond motifs is 1. The summed E-state index contributed by atoms with van der Waals surface area (Å²) < 4.78 is 14.1. The Balaban J connectivity index is 1.86. The molecule has 0 spiro atoms. The fourth-order valence-corrected chi connectivity index (χ4v) is 4.31. The van der Waals surface area contributed by atoms with Crippen molar-refractivity contribution in [2.45, 2.75) is 32.1 Å². The predicted octanol–water partition coefficient (Wildman–Crippen LogP) is 5.99. The second-order valence-corrected chi connectivity index (χ2v) is 7.51. The van der Waals surface area contributed by atoms with E-state index in [9.17, 15) is 4.39 Å². The minimum atomic E-state index is -0.269. The zero-order valence-corrected chi connectivity index (χ0v) is 16.1. The van der Waals surface area contributed by atoms with Crippen molar-refractivity contribution in [2.75, 3.05) is 6.54 Å². The van der Waals surface area contributed by atoms with Crippen LogP contribution in [-0.4, -0.2) is 17.2 Å². The van der Waals surface area contributed by atoms with E-state index in [2.05, 4.69) is 39.7 Å². The minimum absolute atomic E-state index is 0.269. The van der Waals surface area contributed by atoms with Crippen LogP contribution in [0, 0.1) is 5.82 Å². The quantitative estimate of drug-likeness (QED) is 0.511. The van der Waals surface area contributed by atoms with E-state index in [1.165, 1.54) is 18.1 Å². The van der Waals surface area contributed by atoms with Crippen LogP contribution in [0.5, 0.6) is 0 Å². The van der Waals surface area contributed by atoms with Crippen molar-refractivity contribution in [2.24, 2.45) is 15.4 Å². The van der Waals surface area contributed by atoms with Gasteiger partial charge >= 0.3 is 0 Å². The topological polar surface area (TPSA) is 50.0 Å². The molecule has 3 aromatic rings. The van der Waals surface area contributed by atoms with Crippen molar-refractivity contribution in [1.82, 2.24) is 4.98 Å². The van der Waals surface area contributed by atoms with Crippen LogP contribution >= 0.6 is 0 Å². The molecule has 0 atom stereocenters. The van der Waals surface area contributed by atoms with Gasteiger partial charge < -0.3 is 0 Å². The van der Waals surface area contributed by atoms with Crippen molar-refractivity contribution >= 4 is 5.71 Å². The molecule has 0 amide bonds. The van der Waals surface area contributed by atoms with E-state index in [-0.39, 0.29) is 5.82 Å². The third-order valence-electron chi connectivity index (χ3n) is 5.62. The first-order valence-electron chi connectivity index (χ1n) is 10.1. The summed E-state index contributed by atoms with van der Waals surface area (Å²) in [5.74, 6) is -0.269. The molecule has 2 heterocycles. The van der Waals surface area contributed by atoms with E-state index >= 15 is 0 Å². The van der Waals surface area contributed by atoms with Crippen LogP contribution in [0.1, 0.15) is 36.1 Å². The Labute approximate surface area is 169 Å². The summed E-state index contributed by atoms with van der Waals surface area (Å²) in [6, 6.07) is 17.0. The van der Waals surface area contributed by atoms with E-state index in [0.717, 1.165) is 65.0 Å². The van der Waals surface area contributed by atoms with Crippen molar-refractivity contribution in [3.8, 4) is 22.4 Å². The Hall–Kier alpha value is -3.21. The van der Waals surface area contributed by atoms with E-state index < -0.39 is 0 Å². The molecule has 1 aliphatic carbocycles. The SMILES string of the molecule is Fc1cccc(-c2nc3c(c(-c4ccccc4)c2C2=NN=NC2)CCCCC3)c1. The number of nitrogens with zero attached hydrogens (tertiary/aromatic N) is 4. The summed E-state index contributed by atoms with van der Waals surface area (Å²) in [5, 5.41) is 12.3. The zero-order valence-electron chi connectivity index (χ0n) is 16.1. The fraction of sp³-hybridized carbons (Fsp3) is 0.250. The summed E-state index contributed by atoms with van der Waals surface area (Å²) in [4.78, 5) is 5.08. The molecule has 0 saturated carbocycles. The molecule has 0 unspecified atom stereocenters. The molecular weight excluding hydrogens is 363 g/mol. The number of aromatic nitrogens is 1. The molecule has 0 bridgehead atoms. The monoisotopic (exact) mass is 384 g/mol. The molecule has 0 radical (unpaired) electrons. The van der Waals surface area contributed by atoms with Crippen LogP contribution in [0.4, 0.5) is 4.39 Å². The van der Waals surface area contributed by atoms with Gasteiger partial charge in [0.1, 0.15) is 12.4 Å². The van der Waals surface area contributed by atoms with E-state index in [0.29, 0.717) is 6.54 Å². The molecule has 5 rings (SSSR count). The van der Waals surface area contributed by atoms with Gasteiger partial charge in [0, 0.05) is 16.8 Å². The van der Waals surface area contributed by atoms with Gasteiger partial charge in [-0.1, -0.05) is 48.9 Å². The maximum atomic E-state index is 14.1. The average molecular weight is 384 g/mol. The third-order valence-corrected chi connectivity index (χ3v) is 5.62. The molecule has 0 N–H and O–H groups in total. The molecule has 5 heteroatoms. The van der Waals surface area contributed by atoms with Gasteiger partial charge in [0.15, 0.2) is 0 Å². The molecule has 1 aromatic heterocycles. The highest BCUT2D eigenvalue weighted by atomic mass is 19.1. The number of halogens is 1. The lowest BCUT2D eigenvalue weighted by Crippen LogP contribution is -2.13. The van der Waals surface area contributed by atoms with Crippen LogP contribution in [0.3, 0.4) is 0 Å². The molecule has 29 heavy (non-hydrogen) atoms. The first kappa shape index (κ1) is 17.9. The Morgan fingerprint density at radius 2 is 1.62 bits per heavy atom. The highest BCUT2D eigenvalue weighted by Crippen LogP contribution is 2.39. The lowest BCUT2D eigenvalue weighted by molar-refractivity contribution is 0.628. The summed E-state index contributed by atoms with van der Waals surface area (Å²) in [6.45, 7) is 0.419. The second kappa shape index (κ2) is 7.66. The van der Waals surface area contributed by atoms with Crippen LogP contribution < -0.4 is 0 Å². The molecule has 2 aromatic carbocycles. The predicted molar refractivity (Wildman–Crippen MR) is 113 cm³/mol. The smallest absolute Gasteiger partial charge is 0.123 e. The molecule has 0 fully saturated rings. The average Bonchev–Trinajstić information content (AvgIpc) is 3.18. The van der Waals surface area contributed by atoms with Gasteiger partial charge in [0.25, 0.3) is 0 Å². The second-order valence-electron chi connectivity index (χ2n) is 7.51. The molecule has 2 aliphatic rings. The number of hydrogen-bond donors (Lipinski definition) is 0. The van der Waals surface area contributed by atoms with Crippen molar-refractivity contribution in [3.05, 3.63) is 77.2 Å². The number of benzene rings is 2. The zero-order chi connectivity index (χ0) is 19.6. The summed E-state index contributed by atoms with van der Waals surface area (Å²) in [7, 11) is 0. The van der Waals surface area contributed by atoms with E-state index in [1.54, 1.807) is 12.1 Å². The Morgan fingerprint density at radius 1 is 0.793 bits per heavy atom. The first-order chi connectivity index (χ1) is 14.3. The van der Waals surface area contributed by atoms with Crippen molar-refractivity contribution < 1.29 is 4.39 Å². The van der Waals surface area contributed by atoms with Gasteiger partial charge in [0.2, 0.25) is 0 Å². The first-order valence-corrected chi connectivity index (χ1v) is 10.1. The Bertz CT molecular complexity index is 1120. The van der Waals surface area contributed by atoms with Crippen LogP contribution in [-0.2, 0) is 12.8 Å². The summed E-state index contributed by atoms with van der Waals surface area (Å²) in [5.41, 5.74) is 7.97. The number of pyridine rings is 1. The molecular formula is C24H21FN4. The normalized spacial score (nSPS) is 15.7. The largest absolute Gasteiger partial charge is 0.252 e. The molecule has 144 valence electrons. The number of hydrogen-bond acceptors (Lipinski definition) is 4. The lowest BCUT2D eigenvalue weighted by Gasteiger charge is -2.21. The van der Waals surface area contributed by atoms with Gasteiger partial charge in [-0.2, -0.15) is 5.11 Å². The van der Waals surface area contributed by atoms with Crippen LogP contribution in [0.2, 0.25) is 0 Å². The van der Waals surface area contributed by atoms with Crippen LogP contribution in [0.15, 0.2) is 70.0 Å². The van der Waals surface area contributed by atoms with Gasteiger partial charge in [0.05, 0.1) is 11.4 Å². The lowest BCUT2D eigenvalue weighted by atomic mass is 9.86. The minimum Gasteiger partial charge on any atom is -0.252 e. The summed E-state index contributed by atoms with van der Waals surface area (Å²) >= 11 is 0. The molecule has 4 nitrogen and oxygen atoms in total.